The molecule has 18 heavy (non-hydrogen) atoms. The summed E-state index contributed by atoms with van der Waals surface area (Å²) in [6, 6.07) is 0. The fourth-order valence-electron chi connectivity index (χ4n) is 0.774. The van der Waals surface area contributed by atoms with Crippen LogP contribution in [0.4, 0.5) is 0 Å². The van der Waals surface area contributed by atoms with Gasteiger partial charge in [0.25, 0.3) is 0 Å². The fourth-order valence-corrected chi connectivity index (χ4v) is 0.774. The van der Waals surface area contributed by atoms with Gasteiger partial charge in [-0.3, -0.25) is 0 Å². The van der Waals surface area contributed by atoms with Gasteiger partial charge in [-0.25, -0.2) is 4.79 Å². The lowest BCUT2D eigenvalue weighted by Crippen LogP contribution is -3.00. The smallest absolute Gasteiger partial charge is 0.327 e. The number of carboxylic acid groups (broad SMARTS) is 1. The Labute approximate surface area is 118 Å². The van der Waals surface area contributed by atoms with Crippen molar-refractivity contribution in [2.45, 2.75) is 6.92 Å². The van der Waals surface area contributed by atoms with Crippen molar-refractivity contribution in [3.05, 3.63) is 50.6 Å². The first-order valence-electron chi connectivity index (χ1n) is 5.27. The summed E-state index contributed by atoms with van der Waals surface area (Å²) in [5.74, 6) is -0.981. The van der Waals surface area contributed by atoms with E-state index in [0.717, 1.165) is 23.6 Å². The van der Waals surface area contributed by atoms with Crippen molar-refractivity contribution in [1.29, 1.82) is 0 Å². The Morgan fingerprint density at radius 3 is 1.44 bits per heavy atom. The molecule has 3 nitrogen and oxygen atoms in total. The number of quaternary nitrogens is 1. The molecule has 0 heterocycles. The maximum Gasteiger partial charge on any atom is 0.327 e. The normalized spacial score (nSPS) is 7.94. The summed E-state index contributed by atoms with van der Waals surface area (Å²) in [6.07, 6.45) is 6.45. The van der Waals surface area contributed by atoms with E-state index >= 15 is 0 Å². The van der Waals surface area contributed by atoms with E-state index in [1.807, 2.05) is 19.1 Å². The minimum absolute atomic E-state index is 0. The lowest BCUT2D eigenvalue weighted by atomic mass is 10.4. The third-order valence-corrected chi connectivity index (χ3v) is 1.42. The first-order chi connectivity index (χ1) is 7.81. The van der Waals surface area contributed by atoms with E-state index < -0.39 is 5.97 Å². The van der Waals surface area contributed by atoms with Gasteiger partial charge in [-0.15, -0.1) is 6.58 Å². The van der Waals surface area contributed by atoms with Gasteiger partial charge in [0.2, 0.25) is 0 Å². The Balaban J connectivity index is -0.0000000931. The highest BCUT2D eigenvalue weighted by Gasteiger charge is 2.07. The largest absolute Gasteiger partial charge is 1.00 e. The molecular weight excluding hydrogens is 250 g/mol. The average Bonchev–Trinajstić information content (AvgIpc) is 2.19. The number of hydrogen-bond donors (Lipinski definition) is 1. The number of hydrogen-bond acceptors (Lipinski definition) is 1. The Morgan fingerprint density at radius 1 is 1.11 bits per heavy atom. The average molecular weight is 276 g/mol. The molecule has 106 valence electrons. The molecule has 0 fully saturated rings. The highest BCUT2D eigenvalue weighted by atomic mass is 35.5. The molecule has 0 aliphatic heterocycles. The Kier molecular flexibility index (Phi) is 25.6. The molecule has 0 rings (SSSR count). The topological polar surface area (TPSA) is 37.3 Å². The van der Waals surface area contributed by atoms with Crippen molar-refractivity contribution in [3.63, 3.8) is 0 Å². The van der Waals surface area contributed by atoms with Crippen LogP contribution >= 0.6 is 0 Å². The van der Waals surface area contributed by atoms with Crippen LogP contribution in [0.5, 0.6) is 0 Å². The number of aliphatic carboxylic acids is 1. The van der Waals surface area contributed by atoms with E-state index in [9.17, 15) is 4.79 Å². The summed E-state index contributed by atoms with van der Waals surface area (Å²) in [7, 11) is 4.31. The Hall–Kier alpha value is -1.32. The zero-order valence-electron chi connectivity index (χ0n) is 11.7. The SMILES string of the molecule is C=CC.C=CC(=O)O.C=CC[N+](C)(C)CC=C.[Cl-]. The molecule has 0 aliphatic carbocycles. The third kappa shape index (κ3) is 36.5. The van der Waals surface area contributed by atoms with Crippen LogP contribution in [0.3, 0.4) is 0 Å². The van der Waals surface area contributed by atoms with Crippen molar-refractivity contribution < 1.29 is 26.8 Å². The van der Waals surface area contributed by atoms with E-state index in [0.29, 0.717) is 0 Å². The molecule has 0 aromatic rings. The number of carboxylic acids is 1. The van der Waals surface area contributed by atoms with Gasteiger partial charge >= 0.3 is 5.97 Å². The lowest BCUT2D eigenvalue weighted by Gasteiger charge is -2.26. The second-order valence-corrected chi connectivity index (χ2v) is 3.83. The van der Waals surface area contributed by atoms with E-state index in [-0.39, 0.29) is 12.4 Å². The van der Waals surface area contributed by atoms with Crippen LogP contribution in [-0.4, -0.2) is 42.7 Å². The highest BCUT2D eigenvalue weighted by Crippen LogP contribution is 1.95. The summed E-state index contributed by atoms with van der Waals surface area (Å²) in [4.78, 5) is 9.25. The first-order valence-corrected chi connectivity index (χ1v) is 5.27. The molecule has 0 spiro atoms. The maximum absolute atomic E-state index is 9.25. The Morgan fingerprint density at radius 2 is 1.33 bits per heavy atom. The van der Waals surface area contributed by atoms with E-state index in [1.165, 1.54) is 0 Å². The van der Waals surface area contributed by atoms with E-state index in [1.54, 1.807) is 6.08 Å². The molecule has 0 bridgehead atoms. The van der Waals surface area contributed by atoms with Crippen LogP contribution < -0.4 is 12.4 Å². The van der Waals surface area contributed by atoms with Gasteiger partial charge in [-0.05, 0) is 19.1 Å². The van der Waals surface area contributed by atoms with Crippen LogP contribution in [0, 0.1) is 0 Å². The van der Waals surface area contributed by atoms with Crippen molar-refractivity contribution in [2.24, 2.45) is 0 Å². The maximum atomic E-state index is 9.25. The fraction of sp³-hybridized carbons (Fsp3) is 0.357. The molecule has 1 N–H and O–H groups in total. The molecule has 4 heteroatoms. The molecular formula is C14H26ClNO2. The number of likely N-dealkylation sites (N-methyl/N-ethyl adjacent to an activating group) is 1. The van der Waals surface area contributed by atoms with Crippen LogP contribution in [0.25, 0.3) is 0 Å². The van der Waals surface area contributed by atoms with Gasteiger partial charge in [0.1, 0.15) is 0 Å². The number of carbonyl (C=O) groups is 1. The summed E-state index contributed by atoms with van der Waals surface area (Å²) in [5, 5.41) is 7.60. The van der Waals surface area contributed by atoms with Gasteiger partial charge in [0.05, 0.1) is 27.2 Å². The molecule has 0 saturated carbocycles. The molecule has 0 amide bonds. The minimum Gasteiger partial charge on any atom is -1.00 e. The molecule has 0 atom stereocenters. The number of rotatable bonds is 5. The predicted octanol–water partition coefficient (Wildman–Crippen LogP) is -0.112. The van der Waals surface area contributed by atoms with E-state index in [2.05, 4.69) is 40.4 Å². The molecule has 0 aromatic heterocycles. The Bertz CT molecular complexity index is 236. The monoisotopic (exact) mass is 275 g/mol. The zero-order valence-corrected chi connectivity index (χ0v) is 12.5. The predicted molar refractivity (Wildman–Crippen MR) is 75.9 cm³/mol. The minimum atomic E-state index is -0.981. The van der Waals surface area contributed by atoms with Crippen molar-refractivity contribution in [1.82, 2.24) is 0 Å². The van der Waals surface area contributed by atoms with Crippen LogP contribution in [0.15, 0.2) is 50.6 Å². The molecule has 0 radical (unpaired) electrons. The van der Waals surface area contributed by atoms with Gasteiger partial charge in [0.15, 0.2) is 0 Å². The van der Waals surface area contributed by atoms with Crippen LogP contribution in [-0.2, 0) is 4.79 Å². The zero-order chi connectivity index (χ0) is 14.3. The summed E-state index contributed by atoms with van der Waals surface area (Å²) in [5.41, 5.74) is 0. The first kappa shape index (κ1) is 25.5. The summed E-state index contributed by atoms with van der Waals surface area (Å²) in [6.45, 7) is 17.6. The van der Waals surface area contributed by atoms with Crippen molar-refractivity contribution in [2.75, 3.05) is 27.2 Å². The van der Waals surface area contributed by atoms with E-state index in [4.69, 9.17) is 5.11 Å². The van der Waals surface area contributed by atoms with Crippen LogP contribution in [0.1, 0.15) is 6.92 Å². The standard InChI is InChI=1S/C8H16N.C3H4O2.C3H6.ClH/c1-5-7-9(3,4)8-6-2;1-2-3(4)5;1-3-2;/h5-6H,1-2,7-8H2,3-4H3;2H,1H2,(H,4,5);3H,1H2,2H3;1H/q+1;;;/p-1. The number of allylic oxidation sites excluding steroid dienone is 1. The van der Waals surface area contributed by atoms with Crippen LogP contribution in [0.2, 0.25) is 0 Å². The van der Waals surface area contributed by atoms with Gasteiger partial charge in [0, 0.05) is 6.08 Å². The third-order valence-electron chi connectivity index (χ3n) is 1.42. The molecule has 0 aromatic carbocycles. The van der Waals surface area contributed by atoms with Gasteiger partial charge < -0.3 is 22.0 Å². The molecule has 0 aliphatic rings. The quantitative estimate of drug-likeness (QED) is 0.432. The second-order valence-electron chi connectivity index (χ2n) is 3.83. The lowest BCUT2D eigenvalue weighted by molar-refractivity contribution is -0.878. The second kappa shape index (κ2) is 18.1. The summed E-state index contributed by atoms with van der Waals surface area (Å²) < 4.78 is 0.951. The number of halogens is 1. The summed E-state index contributed by atoms with van der Waals surface area (Å²) >= 11 is 0. The molecule has 0 unspecified atom stereocenters. The number of nitrogens with zero attached hydrogens (tertiary/aromatic N) is 1. The van der Waals surface area contributed by atoms with Crippen molar-refractivity contribution >= 4 is 5.97 Å². The molecule has 0 saturated heterocycles. The van der Waals surface area contributed by atoms with Crippen molar-refractivity contribution in [3.8, 4) is 0 Å². The van der Waals surface area contributed by atoms with Gasteiger partial charge in [-0.1, -0.05) is 25.8 Å². The highest BCUT2D eigenvalue weighted by molar-refractivity contribution is 5.78. The van der Waals surface area contributed by atoms with Gasteiger partial charge in [-0.2, -0.15) is 0 Å².